The Morgan fingerprint density at radius 1 is 0.405 bits per heavy atom. The molecule has 1 amide bonds. The molecule has 14 aromatic rings. The minimum Gasteiger partial charge on any atom is -0.388 e. The normalized spacial score (nSPS) is 11.5. The van der Waals surface area contributed by atoms with Crippen LogP contribution in [0.15, 0.2) is 213 Å². The van der Waals surface area contributed by atoms with Gasteiger partial charge in [-0.2, -0.15) is 0 Å². The van der Waals surface area contributed by atoms with Crippen LogP contribution in [-0.4, -0.2) is 112 Å². The number of aromatic nitrogens is 7. The molecule has 1 aliphatic rings. The summed E-state index contributed by atoms with van der Waals surface area (Å²) in [6.45, 7) is 4.06. The first-order chi connectivity index (χ1) is 63.4. The number of pyridine rings is 5. The first kappa shape index (κ1) is 95.9. The minimum absolute atomic E-state index is 0.0185. The number of anilines is 4. The Hall–Kier alpha value is -14.2. The fourth-order valence-electron chi connectivity index (χ4n) is 14.9. The molecule has 0 saturated carbocycles. The molecule has 0 atom stereocenters. The second-order valence-electron chi connectivity index (χ2n) is 31.8. The van der Waals surface area contributed by atoms with Crippen molar-refractivity contribution in [2.24, 2.45) is 11.5 Å². The molecule has 0 bridgehead atoms. The molecule has 664 valence electrons. The third-order valence-corrected chi connectivity index (χ3v) is 23.0. The van der Waals surface area contributed by atoms with Crippen molar-refractivity contribution in [1.82, 2.24) is 45.1 Å². The summed E-state index contributed by atoms with van der Waals surface area (Å²) >= 11 is 24.6. The molecule has 1 aliphatic heterocycles. The SMILES string of the molecule is N=C(CCCCCC(=O)c1ccc(C#Cc2c(N)ncc3ccc(Cl)cc23)cc1)c1ccncc1.N=C(N)CC(=N)CCCCCC(=O)c1ccc(C#Cc2c(N)ncc3ccc(Cl)cc23)cc1.N=C(N)CCCCCC(=O)c1ccc(C#Cc2c(N)ncc3ccc(Cl)cc23)cc1.Nc1ncc2ccc(Cl)cc2c1-c1nc2ccc(C(=O)NCCCN3CCCCC3)cc2[nH]1. The van der Waals surface area contributed by atoms with E-state index in [0.717, 1.165) is 147 Å². The molecule has 0 unspecified atom stereocenters. The van der Waals surface area contributed by atoms with Crippen molar-refractivity contribution in [3.8, 4) is 46.9 Å². The van der Waals surface area contributed by atoms with Crippen LogP contribution in [0.5, 0.6) is 0 Å². The van der Waals surface area contributed by atoms with E-state index in [-0.39, 0.29) is 41.3 Å². The molecule has 8 aromatic carbocycles. The van der Waals surface area contributed by atoms with Crippen molar-refractivity contribution in [2.45, 2.75) is 128 Å². The number of nitrogens with zero attached hydrogens (tertiary/aromatic N) is 7. The number of rotatable bonds is 30. The van der Waals surface area contributed by atoms with Gasteiger partial charge >= 0.3 is 0 Å². The zero-order valence-electron chi connectivity index (χ0n) is 72.4. The maximum absolute atomic E-state index is 12.7. The van der Waals surface area contributed by atoms with Crippen LogP contribution >= 0.6 is 46.4 Å². The maximum atomic E-state index is 12.7. The Kier molecular flexibility index (Phi) is 34.9. The zero-order chi connectivity index (χ0) is 92.7. The van der Waals surface area contributed by atoms with Crippen LogP contribution < -0.4 is 39.7 Å². The Labute approximate surface area is 781 Å². The molecule has 1 fully saturated rings. The van der Waals surface area contributed by atoms with Crippen LogP contribution in [0.4, 0.5) is 23.3 Å². The highest BCUT2D eigenvalue weighted by atomic mass is 35.5. The number of hydrogen-bond donors (Lipinski definition) is 12. The van der Waals surface area contributed by atoms with E-state index < -0.39 is 0 Å². The molecule has 0 aliphatic carbocycles. The van der Waals surface area contributed by atoms with E-state index in [1.165, 1.54) is 32.4 Å². The average molecular weight is 1820 g/mol. The van der Waals surface area contributed by atoms with Gasteiger partial charge in [-0.25, -0.2) is 24.9 Å². The fourth-order valence-corrected chi connectivity index (χ4v) is 15.6. The molecule has 18 N–H and O–H groups in total. The summed E-state index contributed by atoms with van der Waals surface area (Å²) in [5.41, 5.74) is 46.0. The predicted molar refractivity (Wildman–Crippen MR) is 534 cm³/mol. The molecule has 15 rings (SSSR count). The van der Waals surface area contributed by atoms with E-state index in [1.807, 2.05) is 133 Å². The van der Waals surface area contributed by atoms with Crippen molar-refractivity contribution >= 4 is 170 Å². The number of carbonyl (C=O) groups is 4. The topological polar surface area (TPSA) is 428 Å². The lowest BCUT2D eigenvalue weighted by atomic mass is 10.0. The van der Waals surface area contributed by atoms with Crippen molar-refractivity contribution in [2.75, 3.05) is 49.1 Å². The van der Waals surface area contributed by atoms with Crippen molar-refractivity contribution in [1.29, 1.82) is 21.6 Å². The number of nitrogens with two attached hydrogens (primary N) is 6. The molecular formula is C104H101Cl4N19O4. The summed E-state index contributed by atoms with van der Waals surface area (Å²) in [7, 11) is 0. The highest BCUT2D eigenvalue weighted by Gasteiger charge is 2.19. The molecule has 0 spiro atoms. The van der Waals surface area contributed by atoms with Gasteiger partial charge in [-0.1, -0.05) is 168 Å². The number of H-pyrrole nitrogens is 1. The van der Waals surface area contributed by atoms with Gasteiger partial charge in [-0.05, 0) is 216 Å². The molecule has 0 radical (unpaired) electrons. The summed E-state index contributed by atoms with van der Waals surface area (Å²) in [6, 6.07) is 53.1. The highest BCUT2D eigenvalue weighted by Crippen LogP contribution is 2.35. The number of aromatic amines is 1. The van der Waals surface area contributed by atoms with Gasteiger partial charge in [0.25, 0.3) is 5.91 Å². The Morgan fingerprint density at radius 3 is 1.24 bits per heavy atom. The van der Waals surface area contributed by atoms with Crippen molar-refractivity contribution < 1.29 is 19.2 Å². The summed E-state index contributed by atoms with van der Waals surface area (Å²) < 4.78 is 0. The molecule has 131 heavy (non-hydrogen) atoms. The maximum Gasteiger partial charge on any atom is 0.251 e. The van der Waals surface area contributed by atoms with Crippen LogP contribution in [-0.2, 0) is 0 Å². The van der Waals surface area contributed by atoms with Gasteiger partial charge in [0.2, 0.25) is 0 Å². The smallest absolute Gasteiger partial charge is 0.251 e. The van der Waals surface area contributed by atoms with Gasteiger partial charge < -0.3 is 60.4 Å². The number of imidazole rings is 1. The fraction of sp³-hybridized carbons (Fsp3) is 0.231. The largest absolute Gasteiger partial charge is 0.388 e. The average Bonchev–Trinajstić information content (AvgIpc) is 1.70. The number of unbranched alkanes of at least 4 members (excludes halogenated alkanes) is 6. The number of ketones is 3. The third kappa shape index (κ3) is 28.1. The number of nitrogen functional groups attached to an aromatic ring is 4. The monoisotopic (exact) mass is 1820 g/mol. The molecule has 7 heterocycles. The number of fused-ring (bicyclic) bond motifs is 5. The number of halogens is 4. The lowest BCUT2D eigenvalue weighted by molar-refractivity contribution is 0.0947. The van der Waals surface area contributed by atoms with Gasteiger partial charge in [0.1, 0.15) is 29.1 Å². The van der Waals surface area contributed by atoms with E-state index in [2.05, 4.69) is 75.6 Å². The third-order valence-electron chi connectivity index (χ3n) is 22.0. The second kappa shape index (κ2) is 47.7. The highest BCUT2D eigenvalue weighted by molar-refractivity contribution is 6.33. The van der Waals surface area contributed by atoms with Gasteiger partial charge in [0, 0.05) is 184 Å². The number of nitrogens with one attached hydrogen (secondary N) is 6. The number of piperidine rings is 1. The van der Waals surface area contributed by atoms with Crippen LogP contribution in [0.3, 0.4) is 0 Å². The van der Waals surface area contributed by atoms with Gasteiger partial charge in [-0.15, -0.1) is 0 Å². The van der Waals surface area contributed by atoms with Crippen LogP contribution in [0, 0.1) is 57.2 Å². The van der Waals surface area contributed by atoms with E-state index >= 15 is 0 Å². The van der Waals surface area contributed by atoms with E-state index in [0.29, 0.717) is 150 Å². The summed E-state index contributed by atoms with van der Waals surface area (Å²) in [6.07, 6.45) is 26.2. The summed E-state index contributed by atoms with van der Waals surface area (Å²) in [5.74, 6) is 21.1. The summed E-state index contributed by atoms with van der Waals surface area (Å²) in [5, 5.41) is 42.9. The summed E-state index contributed by atoms with van der Waals surface area (Å²) in [4.78, 5) is 81.4. The van der Waals surface area contributed by atoms with Crippen LogP contribution in [0.25, 0.3) is 65.5 Å². The number of likely N-dealkylation sites (tertiary alicyclic amines) is 1. The predicted octanol–water partition coefficient (Wildman–Crippen LogP) is 21.4. The van der Waals surface area contributed by atoms with Crippen molar-refractivity contribution in [3.63, 3.8) is 0 Å². The molecular weight excluding hydrogens is 1720 g/mol. The first-order valence-electron chi connectivity index (χ1n) is 43.4. The van der Waals surface area contributed by atoms with Crippen LogP contribution in [0.2, 0.25) is 20.1 Å². The number of Topliss-reactive ketones (excluding diaryl/α,β-unsaturated/α-hetero) is 3. The quantitative estimate of drug-likeness (QED) is 0.00654. The molecule has 6 aromatic heterocycles. The number of hydrogen-bond acceptors (Lipinski definition) is 19. The number of benzene rings is 8. The van der Waals surface area contributed by atoms with Gasteiger partial charge in [0.05, 0.1) is 45.0 Å². The van der Waals surface area contributed by atoms with Gasteiger partial charge in [-0.3, -0.25) is 35.0 Å². The number of carbonyl (C=O) groups excluding carboxylic acids is 4. The lowest BCUT2D eigenvalue weighted by Gasteiger charge is -2.26. The van der Waals surface area contributed by atoms with E-state index in [9.17, 15) is 19.2 Å². The van der Waals surface area contributed by atoms with E-state index in [1.54, 1.807) is 79.6 Å². The Bertz CT molecular complexity index is 6730. The Morgan fingerprint density at radius 2 is 0.802 bits per heavy atom. The number of amides is 1. The van der Waals surface area contributed by atoms with Crippen LogP contribution in [0.1, 0.15) is 209 Å². The first-order valence-corrected chi connectivity index (χ1v) is 44.9. The van der Waals surface area contributed by atoms with Crippen molar-refractivity contribution in [3.05, 3.63) is 294 Å². The lowest BCUT2D eigenvalue weighted by Crippen LogP contribution is -2.33. The molecule has 27 heteroatoms. The molecule has 1 saturated heterocycles. The van der Waals surface area contributed by atoms with Gasteiger partial charge in [0.15, 0.2) is 17.3 Å². The zero-order valence-corrected chi connectivity index (χ0v) is 75.4. The number of amidine groups is 2. The second-order valence-corrected chi connectivity index (χ2v) is 33.6. The Balaban J connectivity index is 0.000000158. The standard InChI is InChI=1S/C29H25ClN4O.C26H26ClN5O.C25H27ClN6O.C24H23ClN4O/c30-24-12-11-23-19-34-29(32)25(26(23)18-24)13-8-20-6-9-22(10-7-20)28(35)5-3-1-2-4-27(31)21-14-16-33-17-15-21;27-20-12-11-19-16-32-26(31)22(23(19)14-20)13-8-17-6-9-18(10-7-17)24(33)5-3-1-2-4-21(28)15-25(29)30;26-18-7-5-17-15-29-23(27)22(19(17)14-18)24-30-20-8-6-16(13-21(20)31-24)25(33)28-9-4-12-32-10-2-1-3-11-32;25-19-12-11-18-15-29-24(28)20(21(18)14-19)13-8-16-6-9-17(10-7-16)22(30)4-2-1-3-5-23(26)27/h6-7,9-12,14-19,31H,1-5H2,(H2,32,34);6-7,9-12,14,16,28H,1-5,15H2,(H3,29,30)(H2,31,32);5-8,13-15H,1-4,9-12H2,(H2,27,29)(H,28,33)(H,30,31);6-7,9-12,14-15H,1-5H2,(H3,26,27)(H2,28,29). The van der Waals surface area contributed by atoms with E-state index in [4.69, 9.17) is 107 Å². The molecule has 23 nitrogen and oxygen atoms in total. The minimum atomic E-state index is -0.0789.